The normalized spacial score (nSPS) is 17.8. The molecule has 0 aliphatic carbocycles. The molecule has 0 radical (unpaired) electrons. The molecule has 1 aliphatic heterocycles. The largest absolute Gasteiger partial charge is 0.401 e. The van der Waals surface area contributed by atoms with E-state index in [0.29, 0.717) is 50.3 Å². The lowest BCUT2D eigenvalue weighted by atomic mass is 10.1. The van der Waals surface area contributed by atoms with Gasteiger partial charge in [0.25, 0.3) is 5.89 Å². The maximum absolute atomic E-state index is 12.6. The molecule has 2 heterocycles. The summed E-state index contributed by atoms with van der Waals surface area (Å²) in [4.78, 5) is 10.3. The van der Waals surface area contributed by atoms with Crippen LogP contribution in [0.4, 0.5) is 13.2 Å². The molecule has 1 saturated heterocycles. The average molecular weight is 438 g/mol. The predicted octanol–water partition coefficient (Wildman–Crippen LogP) is 3.03. The van der Waals surface area contributed by atoms with Gasteiger partial charge in [0.15, 0.2) is 11.8 Å². The van der Waals surface area contributed by atoms with E-state index in [2.05, 4.69) is 25.8 Å². The Hall–Kier alpha value is -2.62. The lowest BCUT2D eigenvalue weighted by molar-refractivity contribution is -0.143. The standard InChI is InChI=1S/C21H29F3N6O/c1-3-18-28-19(31-29-18)16-7-5-15(6-8-16)9-11-26-20(25-4-2)27-17-10-12-30(13-17)14-21(22,23)24/h5-8,17H,3-4,9-14H2,1-2H3,(H2,25,26,27). The minimum atomic E-state index is -4.16. The summed E-state index contributed by atoms with van der Waals surface area (Å²) in [7, 11) is 0. The highest BCUT2D eigenvalue weighted by molar-refractivity contribution is 5.80. The van der Waals surface area contributed by atoms with Gasteiger partial charge in [0.1, 0.15) is 0 Å². The zero-order valence-corrected chi connectivity index (χ0v) is 17.9. The van der Waals surface area contributed by atoms with Crippen LogP contribution in [0.15, 0.2) is 33.8 Å². The lowest BCUT2D eigenvalue weighted by Gasteiger charge is -2.19. The van der Waals surface area contributed by atoms with E-state index < -0.39 is 12.7 Å². The molecule has 31 heavy (non-hydrogen) atoms. The van der Waals surface area contributed by atoms with Gasteiger partial charge in [-0.05, 0) is 37.5 Å². The van der Waals surface area contributed by atoms with Gasteiger partial charge in [-0.1, -0.05) is 24.2 Å². The van der Waals surface area contributed by atoms with E-state index in [1.165, 1.54) is 4.90 Å². The molecule has 1 aromatic heterocycles. The number of likely N-dealkylation sites (tertiary alicyclic amines) is 1. The van der Waals surface area contributed by atoms with Gasteiger partial charge in [-0.25, -0.2) is 0 Å². The van der Waals surface area contributed by atoms with Gasteiger partial charge in [0, 0.05) is 44.2 Å². The van der Waals surface area contributed by atoms with Crippen LogP contribution in [0.3, 0.4) is 0 Å². The van der Waals surface area contributed by atoms with Crippen molar-refractivity contribution in [2.24, 2.45) is 4.99 Å². The third-order valence-electron chi connectivity index (χ3n) is 5.02. The summed E-state index contributed by atoms with van der Waals surface area (Å²) in [5.41, 5.74) is 2.00. The summed E-state index contributed by atoms with van der Waals surface area (Å²) in [6, 6.07) is 7.87. The van der Waals surface area contributed by atoms with E-state index in [0.717, 1.165) is 24.0 Å². The maximum atomic E-state index is 12.6. The Morgan fingerprint density at radius 1 is 1.26 bits per heavy atom. The Morgan fingerprint density at radius 3 is 2.68 bits per heavy atom. The Kier molecular flexibility index (Phi) is 7.89. The van der Waals surface area contributed by atoms with E-state index in [9.17, 15) is 13.2 Å². The molecular formula is C21H29F3N6O. The van der Waals surface area contributed by atoms with Gasteiger partial charge >= 0.3 is 6.18 Å². The fraction of sp³-hybridized carbons (Fsp3) is 0.571. The van der Waals surface area contributed by atoms with Crippen molar-refractivity contribution in [3.05, 3.63) is 35.7 Å². The van der Waals surface area contributed by atoms with Crippen molar-refractivity contribution in [3.8, 4) is 11.5 Å². The quantitative estimate of drug-likeness (QED) is 0.487. The van der Waals surface area contributed by atoms with Gasteiger partial charge in [-0.2, -0.15) is 18.2 Å². The number of aryl methyl sites for hydroxylation is 1. The summed E-state index contributed by atoms with van der Waals surface area (Å²) in [6.45, 7) is 5.11. The van der Waals surface area contributed by atoms with Gasteiger partial charge in [0.2, 0.25) is 0 Å². The molecule has 0 saturated carbocycles. The molecule has 2 aromatic rings. The van der Waals surface area contributed by atoms with Crippen LogP contribution in [-0.2, 0) is 12.8 Å². The molecule has 1 atom stereocenters. The van der Waals surface area contributed by atoms with Gasteiger partial charge < -0.3 is 15.2 Å². The summed E-state index contributed by atoms with van der Waals surface area (Å²) in [5, 5.41) is 10.3. The Bertz CT molecular complexity index is 850. The van der Waals surface area contributed by atoms with Gasteiger partial charge in [0.05, 0.1) is 6.54 Å². The molecule has 1 fully saturated rings. The number of aliphatic imine (C=N–C) groups is 1. The fourth-order valence-electron chi connectivity index (χ4n) is 3.49. The zero-order valence-electron chi connectivity index (χ0n) is 17.9. The van der Waals surface area contributed by atoms with Crippen molar-refractivity contribution < 1.29 is 17.7 Å². The number of rotatable bonds is 8. The number of halogens is 3. The maximum Gasteiger partial charge on any atom is 0.401 e. The molecule has 2 N–H and O–H groups in total. The van der Waals surface area contributed by atoms with Crippen LogP contribution in [0.5, 0.6) is 0 Å². The predicted molar refractivity (Wildman–Crippen MR) is 113 cm³/mol. The van der Waals surface area contributed by atoms with Crippen molar-refractivity contribution in [2.75, 3.05) is 32.7 Å². The molecular weight excluding hydrogens is 409 g/mol. The molecule has 1 aromatic carbocycles. The summed E-state index contributed by atoms with van der Waals surface area (Å²) in [5.74, 6) is 1.83. The summed E-state index contributed by atoms with van der Waals surface area (Å²) < 4.78 is 43.0. The van der Waals surface area contributed by atoms with E-state index in [1.807, 2.05) is 38.1 Å². The molecule has 1 aliphatic rings. The van der Waals surface area contributed by atoms with Crippen molar-refractivity contribution >= 4 is 5.96 Å². The fourth-order valence-corrected chi connectivity index (χ4v) is 3.49. The number of benzene rings is 1. The molecule has 0 spiro atoms. The SMILES string of the molecule is CCNC(=NCCc1ccc(-c2nc(CC)no2)cc1)NC1CCN(CC(F)(F)F)C1. The Labute approximate surface area is 180 Å². The summed E-state index contributed by atoms with van der Waals surface area (Å²) >= 11 is 0. The number of nitrogens with one attached hydrogen (secondary N) is 2. The highest BCUT2D eigenvalue weighted by Crippen LogP contribution is 2.20. The first-order valence-electron chi connectivity index (χ1n) is 10.6. The first-order chi connectivity index (χ1) is 14.9. The highest BCUT2D eigenvalue weighted by Gasteiger charge is 2.34. The number of aromatic nitrogens is 2. The second kappa shape index (κ2) is 10.6. The van der Waals surface area contributed by atoms with E-state index >= 15 is 0 Å². The third kappa shape index (κ3) is 7.23. The van der Waals surface area contributed by atoms with Crippen LogP contribution in [0.2, 0.25) is 0 Å². The van der Waals surface area contributed by atoms with Crippen molar-refractivity contribution in [1.82, 2.24) is 25.7 Å². The first kappa shape index (κ1) is 23.1. The Morgan fingerprint density at radius 2 is 2.03 bits per heavy atom. The molecule has 0 bridgehead atoms. The van der Waals surface area contributed by atoms with Crippen LogP contribution in [0, 0.1) is 0 Å². The van der Waals surface area contributed by atoms with Crippen molar-refractivity contribution in [3.63, 3.8) is 0 Å². The molecule has 170 valence electrons. The average Bonchev–Trinajstić information content (AvgIpc) is 3.37. The van der Waals surface area contributed by atoms with Crippen LogP contribution >= 0.6 is 0 Å². The van der Waals surface area contributed by atoms with Gasteiger partial charge in [-0.15, -0.1) is 0 Å². The number of guanidine groups is 1. The van der Waals surface area contributed by atoms with Crippen molar-refractivity contribution in [2.45, 2.75) is 45.3 Å². The number of hydrogen-bond acceptors (Lipinski definition) is 5. The van der Waals surface area contributed by atoms with Crippen LogP contribution < -0.4 is 10.6 Å². The second-order valence-electron chi connectivity index (χ2n) is 7.56. The smallest absolute Gasteiger partial charge is 0.357 e. The molecule has 7 nitrogen and oxygen atoms in total. The van der Waals surface area contributed by atoms with Crippen LogP contribution in [-0.4, -0.2) is 65.9 Å². The minimum Gasteiger partial charge on any atom is -0.357 e. The number of alkyl halides is 3. The topological polar surface area (TPSA) is 78.6 Å². The molecule has 0 amide bonds. The van der Waals surface area contributed by atoms with Gasteiger partial charge in [-0.3, -0.25) is 9.89 Å². The van der Waals surface area contributed by atoms with Crippen LogP contribution in [0.1, 0.15) is 31.7 Å². The highest BCUT2D eigenvalue weighted by atomic mass is 19.4. The monoisotopic (exact) mass is 438 g/mol. The molecule has 1 unspecified atom stereocenters. The zero-order chi connectivity index (χ0) is 22.3. The third-order valence-corrected chi connectivity index (χ3v) is 5.02. The van der Waals surface area contributed by atoms with E-state index in [4.69, 9.17) is 4.52 Å². The molecule has 10 heteroatoms. The molecule has 3 rings (SSSR count). The van der Waals surface area contributed by atoms with Crippen LogP contribution in [0.25, 0.3) is 11.5 Å². The van der Waals surface area contributed by atoms with E-state index in [-0.39, 0.29) is 6.04 Å². The number of hydrogen-bond donors (Lipinski definition) is 2. The lowest BCUT2D eigenvalue weighted by Crippen LogP contribution is -2.45. The number of nitrogens with zero attached hydrogens (tertiary/aromatic N) is 4. The Balaban J connectivity index is 1.50. The second-order valence-corrected chi connectivity index (χ2v) is 7.56. The minimum absolute atomic E-state index is 0.0400. The summed E-state index contributed by atoms with van der Waals surface area (Å²) in [6.07, 6.45) is -2.03. The van der Waals surface area contributed by atoms with Crippen molar-refractivity contribution in [1.29, 1.82) is 0 Å². The van der Waals surface area contributed by atoms with E-state index in [1.54, 1.807) is 0 Å². The first-order valence-corrected chi connectivity index (χ1v) is 10.6.